The second-order valence-electron chi connectivity index (χ2n) is 3.58. The maximum absolute atomic E-state index is 5.87. The number of nitrogens with one attached hydrogen (secondary N) is 1. The highest BCUT2D eigenvalue weighted by atomic mass is 15.0. The summed E-state index contributed by atoms with van der Waals surface area (Å²) in [7, 11) is 1.82. The second-order valence-corrected chi connectivity index (χ2v) is 3.58. The first-order valence-corrected chi connectivity index (χ1v) is 5.26. The highest BCUT2D eigenvalue weighted by molar-refractivity contribution is 5.58. The molecule has 2 rings (SSSR count). The number of rotatable bonds is 3. The van der Waals surface area contributed by atoms with E-state index >= 15 is 0 Å². The maximum Gasteiger partial charge on any atom is 0.0982 e. The number of benzene rings is 1. The standard InChI is InChI=1S/C13H15N3/c1-15-13(14)12-9-5-8-11(16-12)10-6-3-2-4-7-10/h2-9,13,15H,14H2,1H3/t13-/m0/s1. The van der Waals surface area contributed by atoms with Crippen molar-refractivity contribution in [1.82, 2.24) is 10.3 Å². The Kier molecular flexibility index (Phi) is 3.29. The van der Waals surface area contributed by atoms with Gasteiger partial charge in [0, 0.05) is 5.56 Å². The molecular formula is C13H15N3. The zero-order valence-corrected chi connectivity index (χ0v) is 9.22. The molecule has 0 bridgehead atoms. The van der Waals surface area contributed by atoms with Crippen LogP contribution in [0, 0.1) is 0 Å². The fraction of sp³-hybridized carbons (Fsp3) is 0.154. The van der Waals surface area contributed by atoms with Crippen LogP contribution in [-0.4, -0.2) is 12.0 Å². The summed E-state index contributed by atoms with van der Waals surface area (Å²) < 4.78 is 0. The van der Waals surface area contributed by atoms with Gasteiger partial charge >= 0.3 is 0 Å². The predicted molar refractivity (Wildman–Crippen MR) is 65.7 cm³/mol. The van der Waals surface area contributed by atoms with E-state index in [-0.39, 0.29) is 6.17 Å². The van der Waals surface area contributed by atoms with Crippen molar-refractivity contribution in [3.8, 4) is 11.3 Å². The molecule has 0 aliphatic carbocycles. The molecule has 3 heteroatoms. The Labute approximate surface area is 95.3 Å². The molecule has 1 aromatic carbocycles. The first kappa shape index (κ1) is 10.8. The van der Waals surface area contributed by atoms with Gasteiger partial charge in [-0.05, 0) is 19.2 Å². The van der Waals surface area contributed by atoms with Crippen molar-refractivity contribution < 1.29 is 0 Å². The molecule has 1 aromatic heterocycles. The molecule has 0 saturated carbocycles. The summed E-state index contributed by atoms with van der Waals surface area (Å²) in [5.41, 5.74) is 8.77. The molecule has 2 aromatic rings. The molecule has 3 N–H and O–H groups in total. The van der Waals surface area contributed by atoms with E-state index in [1.807, 2.05) is 55.6 Å². The van der Waals surface area contributed by atoms with Crippen LogP contribution in [0.3, 0.4) is 0 Å². The molecule has 1 heterocycles. The Hall–Kier alpha value is -1.71. The topological polar surface area (TPSA) is 50.9 Å². The van der Waals surface area contributed by atoms with Crippen molar-refractivity contribution in [1.29, 1.82) is 0 Å². The van der Waals surface area contributed by atoms with E-state index in [0.29, 0.717) is 0 Å². The van der Waals surface area contributed by atoms with Gasteiger partial charge in [0.1, 0.15) is 0 Å². The van der Waals surface area contributed by atoms with E-state index in [1.54, 1.807) is 0 Å². The van der Waals surface area contributed by atoms with Crippen LogP contribution in [0.2, 0.25) is 0 Å². The van der Waals surface area contributed by atoms with Gasteiger partial charge in [0.2, 0.25) is 0 Å². The zero-order valence-electron chi connectivity index (χ0n) is 9.22. The molecule has 16 heavy (non-hydrogen) atoms. The first-order chi connectivity index (χ1) is 7.81. The van der Waals surface area contributed by atoms with E-state index in [4.69, 9.17) is 5.73 Å². The third kappa shape index (κ3) is 2.27. The van der Waals surface area contributed by atoms with Crippen LogP contribution in [0.15, 0.2) is 48.5 Å². The number of nitrogens with two attached hydrogens (primary N) is 1. The third-order valence-corrected chi connectivity index (χ3v) is 2.47. The Morgan fingerprint density at radius 2 is 1.81 bits per heavy atom. The van der Waals surface area contributed by atoms with Gasteiger partial charge in [0.25, 0.3) is 0 Å². The van der Waals surface area contributed by atoms with Crippen LogP contribution in [0.25, 0.3) is 11.3 Å². The van der Waals surface area contributed by atoms with Crippen LogP contribution >= 0.6 is 0 Å². The van der Waals surface area contributed by atoms with Crippen molar-refractivity contribution in [3.05, 3.63) is 54.2 Å². The van der Waals surface area contributed by atoms with Crippen molar-refractivity contribution in [3.63, 3.8) is 0 Å². The SMILES string of the molecule is CN[C@H](N)c1cccc(-c2ccccc2)n1. The lowest BCUT2D eigenvalue weighted by Crippen LogP contribution is -2.25. The van der Waals surface area contributed by atoms with Gasteiger partial charge in [-0.15, -0.1) is 0 Å². The van der Waals surface area contributed by atoms with E-state index in [1.165, 1.54) is 0 Å². The van der Waals surface area contributed by atoms with Crippen LogP contribution in [0.5, 0.6) is 0 Å². The lowest BCUT2D eigenvalue weighted by Gasteiger charge is -2.10. The number of pyridine rings is 1. The quantitative estimate of drug-likeness (QED) is 0.766. The normalized spacial score (nSPS) is 12.4. The molecule has 1 atom stereocenters. The van der Waals surface area contributed by atoms with Crippen LogP contribution < -0.4 is 11.1 Å². The second kappa shape index (κ2) is 4.88. The summed E-state index contributed by atoms with van der Waals surface area (Å²) in [6.45, 7) is 0. The maximum atomic E-state index is 5.87. The highest BCUT2D eigenvalue weighted by Crippen LogP contribution is 2.17. The summed E-state index contributed by atoms with van der Waals surface area (Å²) in [5, 5.41) is 2.98. The number of nitrogens with zero attached hydrogens (tertiary/aromatic N) is 1. The fourth-order valence-electron chi connectivity index (χ4n) is 1.54. The molecule has 0 spiro atoms. The van der Waals surface area contributed by atoms with Gasteiger partial charge in [0.05, 0.1) is 17.6 Å². The largest absolute Gasteiger partial charge is 0.311 e. The minimum Gasteiger partial charge on any atom is -0.311 e. The van der Waals surface area contributed by atoms with Crippen molar-refractivity contribution in [2.24, 2.45) is 5.73 Å². The van der Waals surface area contributed by atoms with Gasteiger partial charge < -0.3 is 11.1 Å². The summed E-state index contributed by atoms with van der Waals surface area (Å²) in [6.07, 6.45) is -0.219. The summed E-state index contributed by atoms with van der Waals surface area (Å²) in [5.74, 6) is 0. The highest BCUT2D eigenvalue weighted by Gasteiger charge is 2.05. The lowest BCUT2D eigenvalue weighted by atomic mass is 10.1. The fourth-order valence-corrected chi connectivity index (χ4v) is 1.54. The van der Waals surface area contributed by atoms with E-state index in [2.05, 4.69) is 10.3 Å². The van der Waals surface area contributed by atoms with Crippen molar-refractivity contribution in [2.45, 2.75) is 6.17 Å². The van der Waals surface area contributed by atoms with Crippen molar-refractivity contribution >= 4 is 0 Å². The lowest BCUT2D eigenvalue weighted by molar-refractivity contribution is 0.605. The molecule has 0 radical (unpaired) electrons. The Morgan fingerprint density at radius 1 is 1.06 bits per heavy atom. The summed E-state index contributed by atoms with van der Waals surface area (Å²) in [4.78, 5) is 4.53. The molecule has 0 unspecified atom stereocenters. The smallest absolute Gasteiger partial charge is 0.0982 e. The van der Waals surface area contributed by atoms with Crippen LogP contribution in [0.1, 0.15) is 11.9 Å². The van der Waals surface area contributed by atoms with E-state index in [0.717, 1.165) is 17.0 Å². The van der Waals surface area contributed by atoms with E-state index in [9.17, 15) is 0 Å². The number of hydrogen-bond acceptors (Lipinski definition) is 3. The molecule has 3 nitrogen and oxygen atoms in total. The first-order valence-electron chi connectivity index (χ1n) is 5.26. The Balaban J connectivity index is 2.36. The van der Waals surface area contributed by atoms with Gasteiger partial charge in [0.15, 0.2) is 0 Å². The molecular weight excluding hydrogens is 198 g/mol. The summed E-state index contributed by atoms with van der Waals surface area (Å²) in [6, 6.07) is 16.0. The monoisotopic (exact) mass is 213 g/mol. The minimum absolute atomic E-state index is 0.219. The summed E-state index contributed by atoms with van der Waals surface area (Å²) >= 11 is 0. The number of hydrogen-bond donors (Lipinski definition) is 2. The molecule has 0 saturated heterocycles. The van der Waals surface area contributed by atoms with Gasteiger partial charge in [-0.3, -0.25) is 0 Å². The average Bonchev–Trinajstić information content (AvgIpc) is 2.39. The van der Waals surface area contributed by atoms with E-state index < -0.39 is 0 Å². The molecule has 82 valence electrons. The predicted octanol–water partition coefficient (Wildman–Crippen LogP) is 1.93. The Morgan fingerprint density at radius 3 is 2.50 bits per heavy atom. The molecule has 0 aliphatic rings. The molecule has 0 aliphatic heterocycles. The number of aromatic nitrogens is 1. The van der Waals surface area contributed by atoms with Gasteiger partial charge in [-0.1, -0.05) is 36.4 Å². The van der Waals surface area contributed by atoms with Crippen molar-refractivity contribution in [2.75, 3.05) is 7.05 Å². The minimum atomic E-state index is -0.219. The zero-order chi connectivity index (χ0) is 11.4. The molecule has 0 fully saturated rings. The average molecular weight is 213 g/mol. The van der Waals surface area contributed by atoms with Crippen LogP contribution in [-0.2, 0) is 0 Å². The van der Waals surface area contributed by atoms with Crippen LogP contribution in [0.4, 0.5) is 0 Å². The van der Waals surface area contributed by atoms with Gasteiger partial charge in [-0.25, -0.2) is 4.98 Å². The van der Waals surface area contributed by atoms with Gasteiger partial charge in [-0.2, -0.15) is 0 Å². The third-order valence-electron chi connectivity index (χ3n) is 2.47. The Bertz CT molecular complexity index is 454. The molecule has 0 amide bonds.